The Morgan fingerprint density at radius 2 is 2.33 bits per heavy atom. The largest absolute Gasteiger partial charge is 0.375 e. The van der Waals surface area contributed by atoms with Gasteiger partial charge >= 0.3 is 0 Å². The third kappa shape index (κ3) is 3.16. The molecule has 0 aliphatic carbocycles. The van der Waals surface area contributed by atoms with Crippen LogP contribution in [0.15, 0.2) is 16.9 Å². The summed E-state index contributed by atoms with van der Waals surface area (Å²) >= 11 is 0. The van der Waals surface area contributed by atoms with Crippen LogP contribution in [0.4, 0.5) is 0 Å². The van der Waals surface area contributed by atoms with Gasteiger partial charge in [0.05, 0.1) is 5.60 Å². The van der Waals surface area contributed by atoms with Crippen LogP contribution in [0.1, 0.15) is 37.2 Å². The highest BCUT2D eigenvalue weighted by atomic mass is 16.5. The van der Waals surface area contributed by atoms with Crippen LogP contribution in [-0.2, 0) is 4.74 Å². The molecule has 0 aromatic carbocycles. The van der Waals surface area contributed by atoms with Gasteiger partial charge in [0.1, 0.15) is 5.69 Å². The van der Waals surface area contributed by atoms with Crippen molar-refractivity contribution >= 4 is 5.91 Å². The number of nitrogens with zero attached hydrogens (tertiary/aromatic N) is 1. The lowest BCUT2D eigenvalue weighted by atomic mass is 9.94. The molecule has 18 heavy (non-hydrogen) atoms. The number of rotatable bonds is 2. The number of aromatic nitrogens is 2. The van der Waals surface area contributed by atoms with Gasteiger partial charge in [0, 0.05) is 18.7 Å². The molecule has 1 saturated heterocycles. The zero-order chi connectivity index (χ0) is 13.2. The second-order valence-electron chi connectivity index (χ2n) is 5.08. The molecule has 2 N–H and O–H groups in total. The molecule has 1 unspecified atom stereocenters. The van der Waals surface area contributed by atoms with Crippen molar-refractivity contribution < 1.29 is 9.53 Å². The summed E-state index contributed by atoms with van der Waals surface area (Å²) in [6.07, 6.45) is 1.56. The summed E-state index contributed by atoms with van der Waals surface area (Å²) in [6.45, 7) is 4.64. The van der Waals surface area contributed by atoms with Crippen LogP contribution in [0.2, 0.25) is 0 Å². The lowest BCUT2D eigenvalue weighted by Crippen LogP contribution is -2.46. The van der Waals surface area contributed by atoms with Crippen molar-refractivity contribution in [2.45, 2.75) is 38.3 Å². The van der Waals surface area contributed by atoms with Gasteiger partial charge in [-0.05, 0) is 32.8 Å². The van der Waals surface area contributed by atoms with Crippen molar-refractivity contribution in [2.75, 3.05) is 6.61 Å². The minimum Gasteiger partial charge on any atom is -0.375 e. The standard InChI is InChI=1S/C12H17N3O3/c1-12(2)7-8(5-6-18-12)13-11(17)9-3-4-10(16)15-14-9/h3-4,8H,5-7H2,1-2H3,(H,13,17)(H,15,16). The highest BCUT2D eigenvalue weighted by Gasteiger charge is 2.29. The number of ether oxygens (including phenoxy) is 1. The van der Waals surface area contributed by atoms with Crippen LogP contribution >= 0.6 is 0 Å². The molecule has 2 heterocycles. The minimum atomic E-state index is -0.321. The molecule has 1 aromatic rings. The third-order valence-electron chi connectivity index (χ3n) is 2.94. The second kappa shape index (κ2) is 4.89. The van der Waals surface area contributed by atoms with E-state index < -0.39 is 0 Å². The summed E-state index contributed by atoms with van der Waals surface area (Å²) in [5, 5.41) is 8.85. The first-order chi connectivity index (χ1) is 8.46. The van der Waals surface area contributed by atoms with Gasteiger partial charge < -0.3 is 10.1 Å². The number of aromatic amines is 1. The quantitative estimate of drug-likeness (QED) is 0.799. The average Bonchev–Trinajstić information content (AvgIpc) is 2.28. The van der Waals surface area contributed by atoms with Crippen LogP contribution in [-0.4, -0.2) is 34.4 Å². The van der Waals surface area contributed by atoms with Gasteiger partial charge in [-0.2, -0.15) is 5.10 Å². The Kier molecular flexibility index (Phi) is 3.47. The smallest absolute Gasteiger partial charge is 0.271 e. The summed E-state index contributed by atoms with van der Waals surface area (Å²) in [5.74, 6) is -0.269. The molecule has 6 nitrogen and oxygen atoms in total. The Hall–Kier alpha value is -1.69. The van der Waals surface area contributed by atoms with Crippen LogP contribution in [0.5, 0.6) is 0 Å². The van der Waals surface area contributed by atoms with Crippen molar-refractivity contribution in [2.24, 2.45) is 0 Å². The molecule has 1 atom stereocenters. The van der Waals surface area contributed by atoms with Gasteiger partial charge in [0.25, 0.3) is 11.5 Å². The van der Waals surface area contributed by atoms with Gasteiger partial charge in [-0.3, -0.25) is 9.59 Å². The minimum absolute atomic E-state index is 0.0787. The molecule has 2 rings (SSSR count). The number of hydrogen-bond acceptors (Lipinski definition) is 4. The first kappa shape index (κ1) is 12.8. The maximum atomic E-state index is 11.9. The number of carbonyl (C=O) groups excluding carboxylic acids is 1. The van der Waals surface area contributed by atoms with E-state index in [4.69, 9.17) is 4.74 Å². The molecule has 1 aromatic heterocycles. The summed E-state index contributed by atoms with van der Waals surface area (Å²) in [5.41, 5.74) is -0.313. The molecule has 1 aliphatic heterocycles. The number of amides is 1. The fourth-order valence-corrected chi connectivity index (χ4v) is 2.09. The van der Waals surface area contributed by atoms with Gasteiger partial charge in [-0.25, -0.2) is 5.10 Å². The van der Waals surface area contributed by atoms with E-state index in [1.807, 2.05) is 13.8 Å². The molecule has 1 amide bonds. The van der Waals surface area contributed by atoms with E-state index in [9.17, 15) is 9.59 Å². The van der Waals surface area contributed by atoms with Gasteiger partial charge in [-0.15, -0.1) is 0 Å². The Balaban J connectivity index is 1.99. The first-order valence-electron chi connectivity index (χ1n) is 5.97. The topological polar surface area (TPSA) is 84.1 Å². The van der Waals surface area contributed by atoms with Crippen molar-refractivity contribution in [3.8, 4) is 0 Å². The Morgan fingerprint density at radius 1 is 1.56 bits per heavy atom. The predicted octanol–water partition coefficient (Wildman–Crippen LogP) is 0.457. The first-order valence-corrected chi connectivity index (χ1v) is 5.97. The highest BCUT2D eigenvalue weighted by Crippen LogP contribution is 2.23. The summed E-state index contributed by atoms with van der Waals surface area (Å²) in [6, 6.07) is 2.78. The van der Waals surface area contributed by atoms with Gasteiger partial charge in [0.2, 0.25) is 0 Å². The molecule has 0 bridgehead atoms. The lowest BCUT2D eigenvalue weighted by molar-refractivity contribution is -0.0615. The fourth-order valence-electron chi connectivity index (χ4n) is 2.09. The van der Waals surface area contributed by atoms with Crippen molar-refractivity contribution in [1.82, 2.24) is 15.5 Å². The molecule has 98 valence electrons. The van der Waals surface area contributed by atoms with Crippen molar-refractivity contribution in [3.63, 3.8) is 0 Å². The zero-order valence-corrected chi connectivity index (χ0v) is 10.5. The molecular weight excluding hydrogens is 234 g/mol. The van der Waals surface area contributed by atoms with Crippen LogP contribution in [0.3, 0.4) is 0 Å². The average molecular weight is 251 g/mol. The Labute approximate surface area is 105 Å². The van der Waals surface area contributed by atoms with Crippen molar-refractivity contribution in [3.05, 3.63) is 28.2 Å². The van der Waals surface area contributed by atoms with E-state index in [-0.39, 0.29) is 28.8 Å². The molecule has 0 radical (unpaired) electrons. The maximum Gasteiger partial charge on any atom is 0.271 e. The van der Waals surface area contributed by atoms with E-state index in [0.717, 1.165) is 12.8 Å². The molecule has 0 spiro atoms. The zero-order valence-electron chi connectivity index (χ0n) is 10.5. The molecular formula is C12H17N3O3. The van der Waals surface area contributed by atoms with Crippen LogP contribution < -0.4 is 10.9 Å². The normalized spacial score (nSPS) is 22.4. The van der Waals surface area contributed by atoms with E-state index in [1.54, 1.807) is 0 Å². The number of nitrogens with one attached hydrogen (secondary N) is 2. The summed E-state index contributed by atoms with van der Waals surface area (Å²) < 4.78 is 5.58. The van der Waals surface area contributed by atoms with E-state index in [1.165, 1.54) is 12.1 Å². The van der Waals surface area contributed by atoms with Gasteiger partial charge in [-0.1, -0.05) is 0 Å². The van der Waals surface area contributed by atoms with E-state index in [2.05, 4.69) is 15.5 Å². The SMILES string of the molecule is CC1(C)CC(NC(=O)c2ccc(=O)[nH]n2)CCO1. The number of H-pyrrole nitrogens is 1. The summed E-state index contributed by atoms with van der Waals surface area (Å²) in [7, 11) is 0. The van der Waals surface area contributed by atoms with Crippen LogP contribution in [0.25, 0.3) is 0 Å². The highest BCUT2D eigenvalue weighted by molar-refractivity contribution is 5.92. The van der Waals surface area contributed by atoms with E-state index >= 15 is 0 Å². The maximum absolute atomic E-state index is 11.9. The second-order valence-corrected chi connectivity index (χ2v) is 5.08. The van der Waals surface area contributed by atoms with Crippen molar-refractivity contribution in [1.29, 1.82) is 0 Å². The number of carbonyl (C=O) groups is 1. The molecule has 6 heteroatoms. The molecule has 0 saturated carbocycles. The Morgan fingerprint density at radius 3 is 2.94 bits per heavy atom. The molecule has 1 fully saturated rings. The van der Waals surface area contributed by atoms with Gasteiger partial charge in [0.15, 0.2) is 0 Å². The predicted molar refractivity (Wildman–Crippen MR) is 65.4 cm³/mol. The third-order valence-corrected chi connectivity index (χ3v) is 2.94. The lowest BCUT2D eigenvalue weighted by Gasteiger charge is -2.35. The summed E-state index contributed by atoms with van der Waals surface area (Å²) in [4.78, 5) is 22.8. The Bertz CT molecular complexity index is 475. The monoisotopic (exact) mass is 251 g/mol. The number of hydrogen-bond donors (Lipinski definition) is 2. The van der Waals surface area contributed by atoms with Crippen LogP contribution in [0, 0.1) is 0 Å². The van der Waals surface area contributed by atoms with E-state index in [0.29, 0.717) is 6.61 Å². The molecule has 1 aliphatic rings. The fraction of sp³-hybridized carbons (Fsp3) is 0.583.